The molecule has 3 heterocycles. The van der Waals surface area contributed by atoms with E-state index >= 15 is 0 Å². The standard InChI is InChI=1S/C23H17BrFN3O4S/c24-17-10-28(9-15-3-1-2-4-18(15)25)27-22(17)26-23(29)21-7-14(12-33-21)11-30-16-5-6-19-20(8-16)32-13-31-19/h1-8,10,12H,9,11,13H2,(H,26,27,29). The Kier molecular flexibility index (Phi) is 6.01. The van der Waals surface area contributed by atoms with Crippen LogP contribution in [0.3, 0.4) is 0 Å². The summed E-state index contributed by atoms with van der Waals surface area (Å²) >= 11 is 4.71. The molecular formula is C23H17BrFN3O4S. The van der Waals surface area contributed by atoms with E-state index in [9.17, 15) is 9.18 Å². The maximum absolute atomic E-state index is 13.9. The van der Waals surface area contributed by atoms with Gasteiger partial charge in [-0.05, 0) is 45.6 Å². The highest BCUT2D eigenvalue weighted by Crippen LogP contribution is 2.35. The lowest BCUT2D eigenvalue weighted by atomic mass is 10.2. The second-order valence-corrected chi connectivity index (χ2v) is 8.96. The van der Waals surface area contributed by atoms with Gasteiger partial charge >= 0.3 is 0 Å². The number of hydrogen-bond donors (Lipinski definition) is 1. The molecule has 1 aliphatic heterocycles. The van der Waals surface area contributed by atoms with Crippen LogP contribution in [0.4, 0.5) is 10.2 Å². The van der Waals surface area contributed by atoms with Crippen molar-refractivity contribution in [2.45, 2.75) is 13.2 Å². The summed E-state index contributed by atoms with van der Waals surface area (Å²) in [5.41, 5.74) is 1.38. The number of rotatable bonds is 7. The van der Waals surface area contributed by atoms with Gasteiger partial charge in [0.15, 0.2) is 17.3 Å². The molecule has 2 aromatic carbocycles. The summed E-state index contributed by atoms with van der Waals surface area (Å²) in [4.78, 5) is 13.2. The fourth-order valence-corrected chi connectivity index (χ4v) is 4.44. The summed E-state index contributed by atoms with van der Waals surface area (Å²) in [6.07, 6.45) is 1.70. The molecule has 0 saturated carbocycles. The van der Waals surface area contributed by atoms with E-state index in [2.05, 4.69) is 26.3 Å². The van der Waals surface area contributed by atoms with Crippen molar-refractivity contribution >= 4 is 39.0 Å². The molecule has 4 aromatic rings. The Morgan fingerprint density at radius 1 is 1.21 bits per heavy atom. The lowest BCUT2D eigenvalue weighted by Gasteiger charge is -2.05. The van der Waals surface area contributed by atoms with E-state index in [1.165, 1.54) is 17.4 Å². The van der Waals surface area contributed by atoms with E-state index in [4.69, 9.17) is 14.2 Å². The van der Waals surface area contributed by atoms with Crippen LogP contribution in [0, 0.1) is 5.82 Å². The van der Waals surface area contributed by atoms with Crippen molar-refractivity contribution < 1.29 is 23.4 Å². The van der Waals surface area contributed by atoms with Gasteiger partial charge in [-0.15, -0.1) is 11.3 Å². The molecule has 0 aliphatic carbocycles. The van der Waals surface area contributed by atoms with E-state index in [1.54, 1.807) is 47.3 Å². The van der Waals surface area contributed by atoms with Crippen LogP contribution in [0.1, 0.15) is 20.8 Å². The van der Waals surface area contributed by atoms with Crippen molar-refractivity contribution in [3.8, 4) is 17.2 Å². The number of carbonyl (C=O) groups excluding carboxylic acids is 1. The van der Waals surface area contributed by atoms with Crippen LogP contribution >= 0.6 is 27.3 Å². The molecule has 0 fully saturated rings. The summed E-state index contributed by atoms with van der Waals surface area (Å²) in [6, 6.07) is 13.7. The molecule has 33 heavy (non-hydrogen) atoms. The third-order valence-electron chi connectivity index (χ3n) is 4.87. The van der Waals surface area contributed by atoms with E-state index in [0.29, 0.717) is 44.6 Å². The van der Waals surface area contributed by atoms with Crippen LogP contribution in [-0.4, -0.2) is 22.5 Å². The minimum Gasteiger partial charge on any atom is -0.489 e. The number of halogens is 2. The highest BCUT2D eigenvalue weighted by atomic mass is 79.9. The van der Waals surface area contributed by atoms with Gasteiger partial charge in [-0.2, -0.15) is 5.10 Å². The molecule has 0 bridgehead atoms. The normalized spacial score (nSPS) is 12.1. The first-order valence-corrected chi connectivity index (χ1v) is 11.6. The smallest absolute Gasteiger partial charge is 0.266 e. The zero-order valence-electron chi connectivity index (χ0n) is 17.1. The minimum atomic E-state index is -0.302. The zero-order valence-corrected chi connectivity index (χ0v) is 19.5. The first-order chi connectivity index (χ1) is 16.0. The molecule has 0 atom stereocenters. The summed E-state index contributed by atoms with van der Waals surface area (Å²) in [5.74, 6) is 1.77. The summed E-state index contributed by atoms with van der Waals surface area (Å²) in [5, 5.41) is 9.01. The van der Waals surface area contributed by atoms with Crippen LogP contribution in [-0.2, 0) is 13.2 Å². The maximum Gasteiger partial charge on any atom is 0.266 e. The first-order valence-electron chi connectivity index (χ1n) is 9.93. The average molecular weight is 530 g/mol. The van der Waals surface area contributed by atoms with Crippen LogP contribution in [0.2, 0.25) is 0 Å². The number of ether oxygens (including phenoxy) is 3. The number of nitrogens with one attached hydrogen (secondary N) is 1. The van der Waals surface area contributed by atoms with Crippen molar-refractivity contribution in [3.63, 3.8) is 0 Å². The molecule has 1 amide bonds. The minimum absolute atomic E-state index is 0.208. The molecular weight excluding hydrogens is 513 g/mol. The molecule has 2 aromatic heterocycles. The second kappa shape index (κ2) is 9.24. The Labute approximate surface area is 200 Å². The Balaban J connectivity index is 1.20. The molecule has 0 unspecified atom stereocenters. The predicted octanol–water partition coefficient (Wildman–Crippen LogP) is 5.45. The van der Waals surface area contributed by atoms with Gasteiger partial charge in [-0.3, -0.25) is 9.48 Å². The Hall–Kier alpha value is -3.37. The van der Waals surface area contributed by atoms with Gasteiger partial charge in [-0.1, -0.05) is 18.2 Å². The topological polar surface area (TPSA) is 74.6 Å². The molecule has 0 saturated heterocycles. The van der Waals surface area contributed by atoms with Gasteiger partial charge in [0, 0.05) is 23.4 Å². The van der Waals surface area contributed by atoms with Gasteiger partial charge in [0.1, 0.15) is 18.2 Å². The van der Waals surface area contributed by atoms with Gasteiger partial charge in [-0.25, -0.2) is 4.39 Å². The Morgan fingerprint density at radius 3 is 2.94 bits per heavy atom. The largest absolute Gasteiger partial charge is 0.489 e. The number of aromatic nitrogens is 2. The van der Waals surface area contributed by atoms with Crippen LogP contribution < -0.4 is 19.5 Å². The number of benzene rings is 2. The number of thiophene rings is 1. The molecule has 7 nitrogen and oxygen atoms in total. The quantitative estimate of drug-likeness (QED) is 0.344. The van der Waals surface area contributed by atoms with Gasteiger partial charge in [0.05, 0.1) is 15.9 Å². The third-order valence-corrected chi connectivity index (χ3v) is 6.42. The fraction of sp³-hybridized carbons (Fsp3) is 0.130. The lowest BCUT2D eigenvalue weighted by molar-refractivity contribution is 0.103. The van der Waals surface area contributed by atoms with Crippen molar-refractivity contribution in [2.75, 3.05) is 12.1 Å². The van der Waals surface area contributed by atoms with Crippen LogP contribution in [0.25, 0.3) is 0 Å². The Bertz CT molecular complexity index is 1320. The highest BCUT2D eigenvalue weighted by molar-refractivity contribution is 9.10. The number of nitrogens with zero attached hydrogens (tertiary/aromatic N) is 2. The van der Waals surface area contributed by atoms with E-state index in [-0.39, 0.29) is 25.1 Å². The van der Waals surface area contributed by atoms with Gasteiger partial charge < -0.3 is 19.5 Å². The average Bonchev–Trinajstić information content (AvgIpc) is 3.54. The van der Waals surface area contributed by atoms with E-state index in [0.717, 1.165) is 5.56 Å². The molecule has 5 rings (SSSR count). The van der Waals surface area contributed by atoms with Gasteiger partial charge in [0.25, 0.3) is 5.91 Å². The second-order valence-electron chi connectivity index (χ2n) is 7.19. The number of amides is 1. The maximum atomic E-state index is 13.9. The number of carbonyl (C=O) groups is 1. The summed E-state index contributed by atoms with van der Waals surface area (Å²) in [6.45, 7) is 0.769. The summed E-state index contributed by atoms with van der Waals surface area (Å²) in [7, 11) is 0. The monoisotopic (exact) mass is 529 g/mol. The number of anilines is 1. The molecule has 1 aliphatic rings. The predicted molar refractivity (Wildman–Crippen MR) is 125 cm³/mol. The molecule has 10 heteroatoms. The first kappa shape index (κ1) is 21.5. The van der Waals surface area contributed by atoms with Crippen LogP contribution in [0.5, 0.6) is 17.2 Å². The SMILES string of the molecule is O=C(Nc1nn(Cc2ccccc2F)cc1Br)c1cc(COc2ccc3c(c2)OCO3)cs1. The highest BCUT2D eigenvalue weighted by Gasteiger charge is 2.16. The molecule has 0 spiro atoms. The van der Waals surface area contributed by atoms with Gasteiger partial charge in [0.2, 0.25) is 6.79 Å². The van der Waals surface area contributed by atoms with E-state index < -0.39 is 0 Å². The molecule has 168 valence electrons. The Morgan fingerprint density at radius 2 is 2.06 bits per heavy atom. The fourth-order valence-electron chi connectivity index (χ4n) is 3.24. The van der Waals surface area contributed by atoms with Crippen molar-refractivity contribution in [2.24, 2.45) is 0 Å². The van der Waals surface area contributed by atoms with Crippen molar-refractivity contribution in [1.82, 2.24) is 9.78 Å². The van der Waals surface area contributed by atoms with Crippen LogP contribution in [0.15, 0.2) is 64.6 Å². The number of hydrogen-bond acceptors (Lipinski definition) is 6. The number of fused-ring (bicyclic) bond motifs is 1. The summed E-state index contributed by atoms with van der Waals surface area (Å²) < 4.78 is 32.5. The zero-order chi connectivity index (χ0) is 22.8. The van der Waals surface area contributed by atoms with Crippen molar-refractivity contribution in [3.05, 3.63) is 86.4 Å². The third kappa shape index (κ3) is 4.86. The van der Waals surface area contributed by atoms with E-state index in [1.807, 2.05) is 11.4 Å². The molecule has 1 N–H and O–H groups in total. The molecule has 0 radical (unpaired) electrons. The van der Waals surface area contributed by atoms with Crippen molar-refractivity contribution in [1.29, 1.82) is 0 Å². The lowest BCUT2D eigenvalue weighted by Crippen LogP contribution is -2.12.